The van der Waals surface area contributed by atoms with Crippen LogP contribution < -0.4 is 5.32 Å². The minimum absolute atomic E-state index is 0.196. The molecule has 1 heterocycles. The Morgan fingerprint density at radius 3 is 2.88 bits per heavy atom. The number of hydrogen-bond acceptors (Lipinski definition) is 2. The van der Waals surface area contributed by atoms with Crippen molar-refractivity contribution < 1.29 is 4.39 Å². The quantitative estimate of drug-likeness (QED) is 0.551. The molecule has 0 saturated carbocycles. The van der Waals surface area contributed by atoms with Crippen LogP contribution in [0.4, 0.5) is 4.39 Å². The summed E-state index contributed by atoms with van der Waals surface area (Å²) in [6, 6.07) is 1.75. The van der Waals surface area contributed by atoms with E-state index < -0.39 is 0 Å². The third-order valence-corrected chi connectivity index (χ3v) is 2.88. The Kier molecular flexibility index (Phi) is 6.48. The van der Waals surface area contributed by atoms with Gasteiger partial charge >= 0.3 is 0 Å². The number of hydrogen-bond donors (Lipinski definition) is 1. The van der Waals surface area contributed by atoms with Gasteiger partial charge in [0.15, 0.2) is 0 Å². The van der Waals surface area contributed by atoms with Crippen LogP contribution in [0.15, 0.2) is 31.1 Å². The smallest absolute Gasteiger partial charge is 0.141 e. The van der Waals surface area contributed by atoms with Crippen LogP contribution in [0.1, 0.15) is 43.7 Å². The summed E-state index contributed by atoms with van der Waals surface area (Å²) in [6.07, 6.45) is 10.5. The number of halogens is 1. The fraction of sp³-hybridized carbons (Fsp3) is 0.500. The number of nitrogens with zero attached hydrogens (tertiary/aromatic N) is 1. The maximum atomic E-state index is 13.1. The van der Waals surface area contributed by atoms with Crippen LogP contribution in [-0.4, -0.2) is 12.0 Å². The first-order valence-electron chi connectivity index (χ1n) is 6.16. The third kappa shape index (κ3) is 5.09. The van der Waals surface area contributed by atoms with Crippen molar-refractivity contribution in [3.63, 3.8) is 0 Å². The lowest BCUT2D eigenvalue weighted by molar-refractivity contribution is 0.502. The number of rotatable bonds is 8. The standard InChI is InChI=1S/C14H21FN2/c1-3-4-5-6-7-8-14(16-2)12-9-13(15)11-17-10-12/h3,9-11,14,16H,1,4-8H2,2H3. The summed E-state index contributed by atoms with van der Waals surface area (Å²) in [5, 5.41) is 3.21. The van der Waals surface area contributed by atoms with Gasteiger partial charge in [-0.2, -0.15) is 0 Å². The SMILES string of the molecule is C=CCCCCCC(NC)c1cncc(F)c1. The van der Waals surface area contributed by atoms with Crippen LogP contribution in [0.2, 0.25) is 0 Å². The topological polar surface area (TPSA) is 24.9 Å². The summed E-state index contributed by atoms with van der Waals surface area (Å²) in [4.78, 5) is 3.88. The van der Waals surface area contributed by atoms with E-state index in [1.807, 2.05) is 13.1 Å². The molecule has 1 N–H and O–H groups in total. The van der Waals surface area contributed by atoms with Crippen LogP contribution in [0.5, 0.6) is 0 Å². The molecule has 1 rings (SSSR count). The van der Waals surface area contributed by atoms with E-state index in [0.29, 0.717) is 0 Å². The highest BCUT2D eigenvalue weighted by Crippen LogP contribution is 2.19. The van der Waals surface area contributed by atoms with Gasteiger partial charge in [0, 0.05) is 12.2 Å². The zero-order chi connectivity index (χ0) is 12.5. The first-order valence-corrected chi connectivity index (χ1v) is 6.16. The Labute approximate surface area is 103 Å². The van der Waals surface area contributed by atoms with Crippen molar-refractivity contribution in [1.29, 1.82) is 0 Å². The second-order valence-electron chi connectivity index (χ2n) is 4.20. The van der Waals surface area contributed by atoms with Gasteiger partial charge in [-0.15, -0.1) is 6.58 Å². The average Bonchev–Trinajstić information content (AvgIpc) is 2.34. The Bertz CT molecular complexity index is 339. The maximum absolute atomic E-state index is 13.1. The summed E-state index contributed by atoms with van der Waals surface area (Å²) in [6.45, 7) is 3.70. The lowest BCUT2D eigenvalue weighted by Gasteiger charge is -2.16. The average molecular weight is 236 g/mol. The molecule has 3 heteroatoms. The maximum Gasteiger partial charge on any atom is 0.141 e. The van der Waals surface area contributed by atoms with Crippen LogP contribution >= 0.6 is 0 Å². The number of nitrogens with one attached hydrogen (secondary N) is 1. The number of aromatic nitrogens is 1. The molecule has 1 aromatic heterocycles. The zero-order valence-electron chi connectivity index (χ0n) is 10.5. The predicted molar refractivity (Wildman–Crippen MR) is 69.3 cm³/mol. The largest absolute Gasteiger partial charge is 0.313 e. The molecule has 2 nitrogen and oxygen atoms in total. The molecule has 0 spiro atoms. The zero-order valence-corrected chi connectivity index (χ0v) is 10.5. The first kappa shape index (κ1) is 13.8. The van der Waals surface area contributed by atoms with Gasteiger partial charge in [0.05, 0.1) is 6.20 Å². The molecule has 0 aliphatic rings. The summed E-state index contributed by atoms with van der Waals surface area (Å²) in [5.74, 6) is -0.269. The molecule has 0 radical (unpaired) electrons. The minimum Gasteiger partial charge on any atom is -0.313 e. The van der Waals surface area contributed by atoms with Gasteiger partial charge in [0.1, 0.15) is 5.82 Å². The van der Waals surface area contributed by atoms with E-state index >= 15 is 0 Å². The van der Waals surface area contributed by atoms with E-state index in [1.165, 1.54) is 19.0 Å². The molecule has 0 aliphatic heterocycles. The van der Waals surface area contributed by atoms with Gasteiger partial charge in [-0.1, -0.05) is 18.9 Å². The molecule has 1 aromatic rings. The molecule has 17 heavy (non-hydrogen) atoms. The second kappa shape index (κ2) is 7.96. The van der Waals surface area contributed by atoms with E-state index in [-0.39, 0.29) is 11.9 Å². The van der Waals surface area contributed by atoms with Crippen molar-refractivity contribution in [3.05, 3.63) is 42.5 Å². The monoisotopic (exact) mass is 236 g/mol. The number of unbranched alkanes of at least 4 members (excludes halogenated alkanes) is 3. The van der Waals surface area contributed by atoms with E-state index in [2.05, 4.69) is 16.9 Å². The minimum atomic E-state index is -0.269. The van der Waals surface area contributed by atoms with E-state index in [0.717, 1.165) is 24.8 Å². The Hall–Kier alpha value is -1.22. The molecular weight excluding hydrogens is 215 g/mol. The summed E-state index contributed by atoms with van der Waals surface area (Å²) < 4.78 is 13.1. The van der Waals surface area contributed by atoms with Crippen molar-refractivity contribution in [2.45, 2.75) is 38.1 Å². The van der Waals surface area contributed by atoms with Gasteiger partial charge in [-0.3, -0.25) is 4.98 Å². The molecular formula is C14H21FN2. The summed E-state index contributed by atoms with van der Waals surface area (Å²) in [7, 11) is 1.90. The normalized spacial score (nSPS) is 12.4. The van der Waals surface area contributed by atoms with Crippen molar-refractivity contribution in [1.82, 2.24) is 10.3 Å². The number of allylic oxidation sites excluding steroid dienone is 1. The fourth-order valence-electron chi connectivity index (χ4n) is 1.91. The van der Waals surface area contributed by atoms with Gasteiger partial charge in [-0.05, 0) is 37.9 Å². The van der Waals surface area contributed by atoms with Gasteiger partial charge in [0.2, 0.25) is 0 Å². The van der Waals surface area contributed by atoms with Crippen LogP contribution in [-0.2, 0) is 0 Å². The highest BCUT2D eigenvalue weighted by Gasteiger charge is 2.09. The van der Waals surface area contributed by atoms with Crippen LogP contribution in [0, 0.1) is 5.82 Å². The molecule has 0 aromatic carbocycles. The van der Waals surface area contributed by atoms with E-state index in [4.69, 9.17) is 0 Å². The molecule has 0 bridgehead atoms. The molecule has 0 aliphatic carbocycles. The van der Waals surface area contributed by atoms with Crippen molar-refractivity contribution >= 4 is 0 Å². The molecule has 1 unspecified atom stereocenters. The highest BCUT2D eigenvalue weighted by atomic mass is 19.1. The fourth-order valence-corrected chi connectivity index (χ4v) is 1.91. The van der Waals surface area contributed by atoms with Crippen molar-refractivity contribution in [2.24, 2.45) is 0 Å². The van der Waals surface area contributed by atoms with Gasteiger partial charge in [-0.25, -0.2) is 4.39 Å². The predicted octanol–water partition coefficient (Wildman–Crippen LogP) is 3.62. The van der Waals surface area contributed by atoms with Crippen LogP contribution in [0.25, 0.3) is 0 Å². The van der Waals surface area contributed by atoms with Crippen molar-refractivity contribution in [2.75, 3.05) is 7.05 Å². The summed E-state index contributed by atoms with van der Waals surface area (Å²) in [5.41, 5.74) is 0.927. The molecule has 1 atom stereocenters. The Morgan fingerprint density at radius 2 is 2.24 bits per heavy atom. The third-order valence-electron chi connectivity index (χ3n) is 2.88. The Morgan fingerprint density at radius 1 is 1.41 bits per heavy atom. The van der Waals surface area contributed by atoms with Gasteiger partial charge in [0.25, 0.3) is 0 Å². The highest BCUT2D eigenvalue weighted by molar-refractivity contribution is 5.14. The molecule has 0 fully saturated rings. The van der Waals surface area contributed by atoms with E-state index in [9.17, 15) is 4.39 Å². The molecule has 0 amide bonds. The lowest BCUT2D eigenvalue weighted by atomic mass is 10.0. The summed E-state index contributed by atoms with van der Waals surface area (Å²) >= 11 is 0. The second-order valence-corrected chi connectivity index (χ2v) is 4.20. The van der Waals surface area contributed by atoms with Crippen molar-refractivity contribution in [3.8, 4) is 0 Å². The molecule has 94 valence electrons. The van der Waals surface area contributed by atoms with E-state index in [1.54, 1.807) is 12.3 Å². The number of pyridine rings is 1. The van der Waals surface area contributed by atoms with Gasteiger partial charge < -0.3 is 5.32 Å². The first-order chi connectivity index (χ1) is 8.27. The molecule has 0 saturated heterocycles. The lowest BCUT2D eigenvalue weighted by Crippen LogP contribution is -2.16. The van der Waals surface area contributed by atoms with Crippen LogP contribution in [0.3, 0.4) is 0 Å². The Balaban J connectivity index is 2.40.